The monoisotopic (exact) mass is 468 g/mol. The van der Waals surface area contributed by atoms with E-state index in [9.17, 15) is 0 Å². The summed E-state index contributed by atoms with van der Waals surface area (Å²) in [6.45, 7) is 6.44. The van der Waals surface area contributed by atoms with Crippen molar-refractivity contribution in [2.75, 3.05) is 12.0 Å². The van der Waals surface area contributed by atoms with Gasteiger partial charge in [0, 0.05) is 23.3 Å². The van der Waals surface area contributed by atoms with Crippen molar-refractivity contribution in [3.63, 3.8) is 0 Å². The molecule has 0 aliphatic carbocycles. The van der Waals surface area contributed by atoms with Gasteiger partial charge in [-0.25, -0.2) is 0 Å². The Labute approximate surface area is 206 Å². The number of nitrogens with zero attached hydrogens (tertiary/aromatic N) is 3. The number of methoxy groups -OCH3 is 1. The Balaban J connectivity index is 1.70. The van der Waals surface area contributed by atoms with Gasteiger partial charge in [-0.1, -0.05) is 35.9 Å². The third-order valence-electron chi connectivity index (χ3n) is 6.52. The summed E-state index contributed by atoms with van der Waals surface area (Å²) in [5.74, 6) is 0.783. The number of thiocarbonyl (C=S) groups is 1. The molecule has 2 atom stereocenters. The van der Waals surface area contributed by atoms with E-state index >= 15 is 0 Å². The lowest BCUT2D eigenvalue weighted by molar-refractivity contribution is 0.414. The predicted octanol–water partition coefficient (Wildman–Crippen LogP) is 5.98. The van der Waals surface area contributed by atoms with E-state index in [-0.39, 0.29) is 12.1 Å². The van der Waals surface area contributed by atoms with Gasteiger partial charge in [0.1, 0.15) is 5.75 Å². The number of nitrogens with one attached hydrogen (secondary N) is 1. The number of benzene rings is 2. The topological polar surface area (TPSA) is 42.3 Å². The van der Waals surface area contributed by atoms with Gasteiger partial charge in [0.15, 0.2) is 5.11 Å². The number of hydrogen-bond donors (Lipinski definition) is 1. The van der Waals surface area contributed by atoms with Crippen molar-refractivity contribution in [2.24, 2.45) is 0 Å². The van der Waals surface area contributed by atoms with Crippen LogP contribution in [0, 0.1) is 20.8 Å². The first-order chi connectivity index (χ1) is 16.5. The highest BCUT2D eigenvalue weighted by atomic mass is 32.1. The fraction of sp³-hybridized carbons (Fsp3) is 0.214. The molecule has 0 radical (unpaired) electrons. The Morgan fingerprint density at radius 1 is 0.941 bits per heavy atom. The van der Waals surface area contributed by atoms with Crippen molar-refractivity contribution in [3.05, 3.63) is 107 Å². The molecule has 1 saturated heterocycles. The van der Waals surface area contributed by atoms with Crippen molar-refractivity contribution < 1.29 is 4.74 Å². The van der Waals surface area contributed by atoms with Crippen molar-refractivity contribution in [3.8, 4) is 11.4 Å². The highest BCUT2D eigenvalue weighted by Crippen LogP contribution is 2.46. The third kappa shape index (κ3) is 3.74. The molecule has 2 aromatic carbocycles. The second-order valence-electron chi connectivity index (χ2n) is 8.67. The minimum Gasteiger partial charge on any atom is -0.495 e. The Hall–Kier alpha value is -3.64. The molecule has 0 saturated carbocycles. The maximum atomic E-state index is 5.90. The summed E-state index contributed by atoms with van der Waals surface area (Å²) in [4.78, 5) is 6.86. The summed E-state index contributed by atoms with van der Waals surface area (Å²) in [6.07, 6.45) is 1.83. The highest BCUT2D eigenvalue weighted by Gasteiger charge is 2.43. The zero-order valence-corrected chi connectivity index (χ0v) is 20.6. The van der Waals surface area contributed by atoms with Crippen LogP contribution in [-0.4, -0.2) is 21.8 Å². The maximum absolute atomic E-state index is 5.90. The second kappa shape index (κ2) is 8.95. The Bertz CT molecular complexity index is 1330. The third-order valence-corrected chi connectivity index (χ3v) is 6.84. The molecule has 5 nitrogen and oxygen atoms in total. The minimum absolute atomic E-state index is 0.0934. The van der Waals surface area contributed by atoms with E-state index in [1.165, 1.54) is 22.5 Å². The van der Waals surface area contributed by atoms with E-state index in [1.54, 1.807) is 7.11 Å². The molecular weight excluding hydrogens is 440 g/mol. The number of anilines is 1. The first-order valence-corrected chi connectivity index (χ1v) is 11.8. The summed E-state index contributed by atoms with van der Waals surface area (Å²) in [7, 11) is 1.69. The number of aromatic nitrogens is 2. The lowest BCUT2D eigenvalue weighted by atomic mass is 9.96. The van der Waals surface area contributed by atoms with Crippen molar-refractivity contribution in [2.45, 2.75) is 32.9 Å². The molecule has 1 N–H and O–H groups in total. The van der Waals surface area contributed by atoms with Crippen LogP contribution < -0.4 is 15.0 Å². The molecule has 2 aromatic heterocycles. The van der Waals surface area contributed by atoms with Gasteiger partial charge >= 0.3 is 0 Å². The van der Waals surface area contributed by atoms with E-state index in [4.69, 9.17) is 17.0 Å². The number of para-hydroxylation sites is 2. The van der Waals surface area contributed by atoms with Gasteiger partial charge in [-0.05, 0) is 81.0 Å². The summed E-state index contributed by atoms with van der Waals surface area (Å²) in [5.41, 5.74) is 7.84. The molecule has 0 amide bonds. The van der Waals surface area contributed by atoms with Gasteiger partial charge < -0.3 is 19.5 Å². The van der Waals surface area contributed by atoms with E-state index in [0.717, 1.165) is 22.8 Å². The normalized spacial score (nSPS) is 17.6. The van der Waals surface area contributed by atoms with Crippen LogP contribution >= 0.6 is 12.2 Å². The largest absolute Gasteiger partial charge is 0.495 e. The van der Waals surface area contributed by atoms with Gasteiger partial charge in [0.05, 0.1) is 30.6 Å². The minimum atomic E-state index is -0.106. The van der Waals surface area contributed by atoms with E-state index in [1.807, 2.05) is 36.5 Å². The zero-order valence-electron chi connectivity index (χ0n) is 19.8. The molecule has 6 heteroatoms. The summed E-state index contributed by atoms with van der Waals surface area (Å²) in [6, 6.07) is 24.7. The van der Waals surface area contributed by atoms with Crippen LogP contribution in [0.5, 0.6) is 5.75 Å². The van der Waals surface area contributed by atoms with Crippen LogP contribution in [0.15, 0.2) is 79.0 Å². The molecule has 0 bridgehead atoms. The molecule has 34 heavy (non-hydrogen) atoms. The number of pyridine rings is 1. The standard InChI is InChI=1S/C28H28N4OS/c1-18-12-14-21(15-13-18)31-19(2)17-22(20(31)3)27-26(23-9-7-8-16-29-23)30-28(34)32(27)24-10-5-6-11-25(24)33-4/h5-17,26-27H,1-4H3,(H,30,34)/t26-,27+/m1/s1. The number of hydrogen-bond acceptors (Lipinski definition) is 3. The first kappa shape index (κ1) is 22.2. The summed E-state index contributed by atoms with van der Waals surface area (Å²) >= 11 is 5.90. The van der Waals surface area contributed by atoms with Crippen LogP contribution in [0.1, 0.15) is 40.3 Å². The summed E-state index contributed by atoms with van der Waals surface area (Å²) < 4.78 is 8.03. The van der Waals surface area contributed by atoms with E-state index < -0.39 is 0 Å². The molecule has 172 valence electrons. The van der Waals surface area contributed by atoms with Gasteiger partial charge in [-0.3, -0.25) is 4.98 Å². The lowest BCUT2D eigenvalue weighted by Crippen LogP contribution is -2.30. The second-order valence-corrected chi connectivity index (χ2v) is 9.05. The first-order valence-electron chi connectivity index (χ1n) is 11.4. The fourth-order valence-corrected chi connectivity index (χ4v) is 5.28. The SMILES string of the molecule is COc1ccccc1N1C(=S)N[C@H](c2ccccn2)[C@@H]1c1cc(C)n(-c2ccc(C)cc2)c1C. The van der Waals surface area contributed by atoms with Crippen molar-refractivity contribution in [1.29, 1.82) is 0 Å². The fourth-order valence-electron chi connectivity index (χ4n) is 4.94. The van der Waals surface area contributed by atoms with Gasteiger partial charge in [-0.2, -0.15) is 0 Å². The molecule has 0 unspecified atom stereocenters. The van der Waals surface area contributed by atoms with Crippen LogP contribution in [0.25, 0.3) is 5.69 Å². The van der Waals surface area contributed by atoms with Crippen LogP contribution in [0.4, 0.5) is 5.69 Å². The molecule has 1 fully saturated rings. The Morgan fingerprint density at radius 2 is 1.68 bits per heavy atom. The van der Waals surface area contributed by atoms with E-state index in [0.29, 0.717) is 5.11 Å². The van der Waals surface area contributed by atoms with Crippen LogP contribution in [-0.2, 0) is 0 Å². The van der Waals surface area contributed by atoms with Crippen molar-refractivity contribution in [1.82, 2.24) is 14.9 Å². The number of rotatable bonds is 5. The molecule has 1 aliphatic heterocycles. The van der Waals surface area contributed by atoms with Crippen LogP contribution in [0.3, 0.4) is 0 Å². The van der Waals surface area contributed by atoms with Crippen molar-refractivity contribution >= 4 is 23.0 Å². The summed E-state index contributed by atoms with van der Waals surface area (Å²) in [5, 5.41) is 4.21. The Kier molecular flexibility index (Phi) is 5.84. The average molecular weight is 469 g/mol. The maximum Gasteiger partial charge on any atom is 0.174 e. The average Bonchev–Trinajstić information content (AvgIpc) is 3.35. The quantitative estimate of drug-likeness (QED) is 0.365. The van der Waals surface area contributed by atoms with Crippen LogP contribution in [0.2, 0.25) is 0 Å². The smallest absolute Gasteiger partial charge is 0.174 e. The Morgan fingerprint density at radius 3 is 2.38 bits per heavy atom. The van der Waals surface area contributed by atoms with Gasteiger partial charge in [0.2, 0.25) is 0 Å². The van der Waals surface area contributed by atoms with E-state index in [2.05, 4.69) is 83.0 Å². The lowest BCUT2D eigenvalue weighted by Gasteiger charge is -2.29. The highest BCUT2D eigenvalue weighted by molar-refractivity contribution is 7.80. The molecular formula is C28H28N4OS. The molecule has 1 aliphatic rings. The molecule has 5 rings (SSSR count). The molecule has 3 heterocycles. The molecule has 4 aromatic rings. The van der Waals surface area contributed by atoms with Gasteiger partial charge in [0.25, 0.3) is 0 Å². The molecule has 0 spiro atoms. The predicted molar refractivity (Wildman–Crippen MR) is 141 cm³/mol. The number of aryl methyl sites for hydroxylation is 2. The van der Waals surface area contributed by atoms with Gasteiger partial charge in [-0.15, -0.1) is 0 Å². The number of ether oxygens (including phenoxy) is 1. The zero-order chi connectivity index (χ0) is 23.8.